The molecule has 24 heavy (non-hydrogen) atoms. The highest BCUT2D eigenvalue weighted by molar-refractivity contribution is 7.90. The van der Waals surface area contributed by atoms with E-state index in [0.717, 1.165) is 0 Å². The van der Waals surface area contributed by atoms with Gasteiger partial charge in [-0.3, -0.25) is 4.79 Å². The Bertz CT molecular complexity index is 714. The van der Waals surface area contributed by atoms with E-state index in [1.807, 2.05) is 0 Å². The summed E-state index contributed by atoms with van der Waals surface area (Å²) < 4.78 is 43.2. The Morgan fingerprint density at radius 1 is 1.25 bits per heavy atom. The van der Waals surface area contributed by atoms with E-state index in [9.17, 15) is 13.2 Å². The van der Waals surface area contributed by atoms with Crippen LogP contribution >= 0.6 is 0 Å². The van der Waals surface area contributed by atoms with E-state index in [0.29, 0.717) is 31.7 Å². The zero-order chi connectivity index (χ0) is 16.8. The number of morpholine rings is 1. The molecule has 4 rings (SSSR count). The summed E-state index contributed by atoms with van der Waals surface area (Å²) in [6, 6.07) is 1.70. The van der Waals surface area contributed by atoms with Crippen LogP contribution in [0.25, 0.3) is 0 Å². The molecule has 0 N–H and O–H groups in total. The summed E-state index contributed by atoms with van der Waals surface area (Å²) >= 11 is 0. The lowest BCUT2D eigenvalue weighted by Crippen LogP contribution is -2.61. The van der Waals surface area contributed by atoms with Crippen molar-refractivity contribution >= 4 is 21.6 Å². The smallest absolute Gasteiger partial charge is 0.253 e. The topological polar surface area (TPSA) is 89.3 Å². The molecule has 1 aliphatic carbocycles. The molecule has 3 aliphatic rings. The Balaban J connectivity index is 1.59. The van der Waals surface area contributed by atoms with Crippen molar-refractivity contribution in [2.24, 2.45) is 0 Å². The third-order valence-corrected chi connectivity index (χ3v) is 7.03. The highest BCUT2D eigenvalue weighted by atomic mass is 32.2. The molecule has 1 saturated carbocycles. The molecule has 1 unspecified atom stereocenters. The number of ether oxygens (including phenoxy) is 2. The number of hydrogen-bond donors (Lipinski definition) is 0. The van der Waals surface area contributed by atoms with E-state index in [1.165, 1.54) is 16.8 Å². The van der Waals surface area contributed by atoms with Gasteiger partial charge in [-0.15, -0.1) is 0 Å². The van der Waals surface area contributed by atoms with Crippen molar-refractivity contribution in [2.75, 3.05) is 44.4 Å². The average molecular weight is 356 g/mol. The summed E-state index contributed by atoms with van der Waals surface area (Å²) in [6.45, 7) is 1.24. The molecular formula is C15H20N2O6S. The Hall–Kier alpha value is -1.42. The van der Waals surface area contributed by atoms with E-state index < -0.39 is 15.6 Å². The van der Waals surface area contributed by atoms with Crippen LogP contribution in [0.2, 0.25) is 0 Å². The molecule has 8 nitrogen and oxygen atoms in total. The van der Waals surface area contributed by atoms with Crippen molar-refractivity contribution in [1.82, 2.24) is 4.31 Å². The van der Waals surface area contributed by atoms with Crippen LogP contribution in [-0.4, -0.2) is 68.9 Å². The number of sulfonamides is 1. The highest BCUT2D eigenvalue weighted by Crippen LogP contribution is 2.34. The number of carbonyl (C=O) groups is 1. The number of nitrogens with zero attached hydrogens (tertiary/aromatic N) is 2. The minimum atomic E-state index is -3.32. The lowest BCUT2D eigenvalue weighted by atomic mass is 10.0. The van der Waals surface area contributed by atoms with Crippen LogP contribution in [0.3, 0.4) is 0 Å². The summed E-state index contributed by atoms with van der Waals surface area (Å²) in [4.78, 5) is 13.8. The monoisotopic (exact) mass is 356 g/mol. The molecule has 1 spiro atoms. The molecule has 3 fully saturated rings. The summed E-state index contributed by atoms with van der Waals surface area (Å²) in [5, 5.41) is -0.275. The first kappa shape index (κ1) is 16.1. The molecule has 1 aromatic rings. The van der Waals surface area contributed by atoms with Gasteiger partial charge >= 0.3 is 0 Å². The van der Waals surface area contributed by atoms with Crippen molar-refractivity contribution in [3.63, 3.8) is 0 Å². The molecule has 0 aromatic carbocycles. The molecule has 1 atom stereocenters. The van der Waals surface area contributed by atoms with Crippen LogP contribution in [0, 0.1) is 0 Å². The van der Waals surface area contributed by atoms with Crippen LogP contribution in [0.4, 0.5) is 5.69 Å². The number of hydrogen-bond acceptors (Lipinski definition) is 6. The predicted octanol–water partition coefficient (Wildman–Crippen LogP) is 0.206. The molecule has 1 aromatic heterocycles. The van der Waals surface area contributed by atoms with Crippen LogP contribution < -0.4 is 4.90 Å². The maximum absolute atomic E-state index is 12.6. The van der Waals surface area contributed by atoms with E-state index in [1.54, 1.807) is 11.0 Å². The summed E-state index contributed by atoms with van der Waals surface area (Å²) in [5.74, 6) is -0.178. The van der Waals surface area contributed by atoms with Gasteiger partial charge in [0.05, 0.1) is 37.0 Å². The fourth-order valence-electron chi connectivity index (χ4n) is 3.21. The predicted molar refractivity (Wildman–Crippen MR) is 84.1 cm³/mol. The van der Waals surface area contributed by atoms with Crippen LogP contribution in [0.5, 0.6) is 0 Å². The van der Waals surface area contributed by atoms with Gasteiger partial charge in [0.15, 0.2) is 0 Å². The number of carbonyl (C=O) groups excluding carboxylic acids is 1. The van der Waals surface area contributed by atoms with E-state index >= 15 is 0 Å². The van der Waals surface area contributed by atoms with Gasteiger partial charge in [0.25, 0.3) is 5.91 Å². The van der Waals surface area contributed by atoms with Crippen LogP contribution in [0.15, 0.2) is 23.0 Å². The van der Waals surface area contributed by atoms with Gasteiger partial charge in [-0.2, -0.15) is 4.31 Å². The number of amides is 1. The Morgan fingerprint density at radius 3 is 2.79 bits per heavy atom. The largest absolute Gasteiger partial charge is 0.470 e. The molecule has 2 aliphatic heterocycles. The van der Waals surface area contributed by atoms with Gasteiger partial charge in [0.2, 0.25) is 10.0 Å². The maximum atomic E-state index is 12.6. The second kappa shape index (κ2) is 5.83. The molecule has 0 bridgehead atoms. The third kappa shape index (κ3) is 2.85. The highest BCUT2D eigenvalue weighted by Gasteiger charge is 2.48. The quantitative estimate of drug-likeness (QED) is 0.769. The first-order valence-corrected chi connectivity index (χ1v) is 9.54. The average Bonchev–Trinajstić information content (AvgIpc) is 3.33. The molecule has 0 radical (unpaired) electrons. The molecule has 2 saturated heterocycles. The minimum absolute atomic E-state index is 0.105. The van der Waals surface area contributed by atoms with Gasteiger partial charge in [0, 0.05) is 19.2 Å². The first-order valence-electron chi connectivity index (χ1n) is 8.03. The van der Waals surface area contributed by atoms with Crippen molar-refractivity contribution in [2.45, 2.75) is 23.7 Å². The number of anilines is 1. The fraction of sp³-hybridized carbons (Fsp3) is 0.667. The third-order valence-electron chi connectivity index (χ3n) is 4.69. The molecular weight excluding hydrogens is 336 g/mol. The minimum Gasteiger partial charge on any atom is -0.470 e. The first-order chi connectivity index (χ1) is 11.5. The second-order valence-corrected chi connectivity index (χ2v) is 8.78. The zero-order valence-corrected chi connectivity index (χ0v) is 14.0. The summed E-state index contributed by atoms with van der Waals surface area (Å²) in [6.07, 6.45) is 4.42. The van der Waals surface area contributed by atoms with Gasteiger partial charge in [-0.05, 0) is 12.8 Å². The van der Waals surface area contributed by atoms with E-state index in [2.05, 4.69) is 0 Å². The van der Waals surface area contributed by atoms with Crippen molar-refractivity contribution in [1.29, 1.82) is 0 Å². The summed E-state index contributed by atoms with van der Waals surface area (Å²) in [5.41, 5.74) is -0.215. The zero-order valence-electron chi connectivity index (χ0n) is 13.2. The van der Waals surface area contributed by atoms with Gasteiger partial charge < -0.3 is 18.8 Å². The van der Waals surface area contributed by atoms with Crippen molar-refractivity contribution < 1.29 is 27.1 Å². The number of furan rings is 1. The Labute approximate surface area is 140 Å². The standard InChI is InChI=1S/C15H20N2O6S/c18-14-8-23-15(10-17(14)12-3-5-21-7-12)9-16(4-6-22-11-15)24(19,20)13-1-2-13/h3,5,7,13H,1-2,4,6,8-11H2. The fourth-order valence-corrected chi connectivity index (χ4v) is 5.11. The Morgan fingerprint density at radius 2 is 2.08 bits per heavy atom. The molecule has 3 heterocycles. The van der Waals surface area contributed by atoms with E-state index in [4.69, 9.17) is 13.9 Å². The lowest BCUT2D eigenvalue weighted by Gasteiger charge is -2.42. The number of rotatable bonds is 3. The van der Waals surface area contributed by atoms with Crippen molar-refractivity contribution in [3.05, 3.63) is 18.6 Å². The van der Waals surface area contributed by atoms with E-state index in [-0.39, 0.29) is 37.5 Å². The van der Waals surface area contributed by atoms with Gasteiger partial charge in [0.1, 0.15) is 18.5 Å². The molecule has 132 valence electrons. The maximum Gasteiger partial charge on any atom is 0.253 e. The van der Waals surface area contributed by atoms with Crippen molar-refractivity contribution in [3.8, 4) is 0 Å². The SMILES string of the molecule is O=C1COC2(COCCN(S(=O)(=O)C3CC3)C2)CN1c1ccoc1. The van der Waals surface area contributed by atoms with Gasteiger partial charge in [-0.25, -0.2) is 8.42 Å². The van der Waals surface area contributed by atoms with Crippen LogP contribution in [0.1, 0.15) is 12.8 Å². The van der Waals surface area contributed by atoms with Crippen LogP contribution in [-0.2, 0) is 24.3 Å². The summed E-state index contributed by atoms with van der Waals surface area (Å²) in [7, 11) is -3.32. The Kier molecular flexibility index (Phi) is 3.91. The normalized spacial score (nSPS) is 29.8. The molecule has 1 amide bonds. The second-order valence-electron chi connectivity index (χ2n) is 6.56. The molecule has 9 heteroatoms. The lowest BCUT2D eigenvalue weighted by molar-refractivity contribution is -0.145. The van der Waals surface area contributed by atoms with Gasteiger partial charge in [-0.1, -0.05) is 0 Å².